The summed E-state index contributed by atoms with van der Waals surface area (Å²) in [5, 5.41) is 9.78. The molecule has 1 N–H and O–H groups in total. The van der Waals surface area contributed by atoms with Crippen molar-refractivity contribution in [1.82, 2.24) is 0 Å². The van der Waals surface area contributed by atoms with Gasteiger partial charge in [-0.2, -0.15) is 0 Å². The number of hydrogen-bond donors (Lipinski definition) is 1. The van der Waals surface area contributed by atoms with Crippen molar-refractivity contribution in [2.75, 3.05) is 7.11 Å². The van der Waals surface area contributed by atoms with Gasteiger partial charge in [0.2, 0.25) is 0 Å². The standard InChI is InChI=1S/C13H19NO.C13H14.C9H20O/c1-9-6-7-10(2)12(8-9)14-11(3)13(4,5)15;1-3-10-5-6-12-8-11(4-2)9-13(12)7-10;1-5-7-8(3)9(6-2)10-4/h6-8,15H,1-5H3;1,5-7,11H,4,8-9H2,2H3;8-9H,5-7H2,1-4H3/t;11-;8-,9-/m.01/s1. The number of aryl methyl sites for hydroxylation is 2. The Kier molecular flexibility index (Phi) is 14.6. The van der Waals surface area contributed by atoms with Crippen LogP contribution in [0.2, 0.25) is 0 Å². The van der Waals surface area contributed by atoms with Crippen LogP contribution in [0.1, 0.15) is 102 Å². The Bertz CT molecular complexity index is 1050. The average molecular weight is 520 g/mol. The van der Waals surface area contributed by atoms with Crippen molar-refractivity contribution in [3.05, 3.63) is 64.2 Å². The third-order valence-corrected chi connectivity index (χ3v) is 7.59. The fourth-order valence-electron chi connectivity index (χ4n) is 4.69. The van der Waals surface area contributed by atoms with Crippen LogP contribution in [0, 0.1) is 38.0 Å². The predicted molar refractivity (Wildman–Crippen MR) is 166 cm³/mol. The molecule has 0 saturated carbocycles. The summed E-state index contributed by atoms with van der Waals surface area (Å²) in [6.07, 6.45) is 13.3. The molecule has 0 amide bonds. The quantitative estimate of drug-likeness (QED) is 0.280. The fourth-order valence-corrected chi connectivity index (χ4v) is 4.69. The second-order valence-electron chi connectivity index (χ2n) is 11.3. The first-order valence-electron chi connectivity index (χ1n) is 14.4. The van der Waals surface area contributed by atoms with E-state index < -0.39 is 5.60 Å². The zero-order valence-electron chi connectivity index (χ0n) is 25.8. The van der Waals surface area contributed by atoms with Gasteiger partial charge in [-0.3, -0.25) is 4.99 Å². The maximum absolute atomic E-state index is 9.78. The highest BCUT2D eigenvalue weighted by Gasteiger charge is 2.19. The van der Waals surface area contributed by atoms with Gasteiger partial charge in [0, 0.05) is 18.4 Å². The molecule has 2 aromatic rings. The van der Waals surface area contributed by atoms with E-state index in [1.807, 2.05) is 32.9 Å². The van der Waals surface area contributed by atoms with Gasteiger partial charge in [-0.05, 0) is 113 Å². The van der Waals surface area contributed by atoms with Crippen LogP contribution in [0.25, 0.3) is 0 Å². The van der Waals surface area contributed by atoms with Crippen LogP contribution < -0.4 is 0 Å². The highest BCUT2D eigenvalue weighted by molar-refractivity contribution is 5.91. The number of rotatable bonds is 8. The molecule has 3 heteroatoms. The molecule has 38 heavy (non-hydrogen) atoms. The lowest BCUT2D eigenvalue weighted by Gasteiger charge is -2.20. The van der Waals surface area contributed by atoms with Gasteiger partial charge in [0.05, 0.1) is 17.4 Å². The number of terminal acetylenes is 1. The number of ether oxygens (including phenoxy) is 1. The normalized spacial score (nSPS) is 16.3. The van der Waals surface area contributed by atoms with E-state index in [0.717, 1.165) is 40.8 Å². The molecule has 0 saturated heterocycles. The fraction of sp³-hybridized carbons (Fsp3) is 0.571. The third-order valence-electron chi connectivity index (χ3n) is 7.59. The summed E-state index contributed by atoms with van der Waals surface area (Å²) in [7, 11) is 1.81. The molecule has 0 spiro atoms. The second-order valence-corrected chi connectivity index (χ2v) is 11.3. The predicted octanol–water partition coefficient (Wildman–Crippen LogP) is 8.81. The summed E-state index contributed by atoms with van der Waals surface area (Å²) in [6, 6.07) is 12.6. The SMILES string of the molecule is C#Cc1ccc2c(c1)C[C@@H](CC)C2.CC(=Nc1cc(C)ccc1C)C(C)(C)O.CCC[C@@H](C)[C@@H](CC)OC. The van der Waals surface area contributed by atoms with E-state index in [1.165, 1.54) is 48.8 Å². The molecule has 3 atom stereocenters. The van der Waals surface area contributed by atoms with E-state index in [9.17, 15) is 5.11 Å². The number of aliphatic imine (C=N–C) groups is 1. The molecule has 0 aromatic heterocycles. The average Bonchev–Trinajstić information content (AvgIpc) is 3.30. The van der Waals surface area contributed by atoms with Gasteiger partial charge in [0.15, 0.2) is 0 Å². The molecule has 0 aliphatic heterocycles. The topological polar surface area (TPSA) is 41.8 Å². The second kappa shape index (κ2) is 16.5. The van der Waals surface area contributed by atoms with E-state index in [-0.39, 0.29) is 0 Å². The Hall–Kier alpha value is -2.41. The van der Waals surface area contributed by atoms with Crippen LogP contribution in [0.5, 0.6) is 0 Å². The van der Waals surface area contributed by atoms with Crippen molar-refractivity contribution >= 4 is 11.4 Å². The van der Waals surface area contributed by atoms with E-state index >= 15 is 0 Å². The largest absolute Gasteiger partial charge is 0.385 e. The lowest BCUT2D eigenvalue weighted by molar-refractivity contribution is 0.0522. The molecule has 3 rings (SSSR count). The zero-order chi connectivity index (χ0) is 28.9. The third kappa shape index (κ3) is 11.1. The summed E-state index contributed by atoms with van der Waals surface area (Å²) >= 11 is 0. The number of nitrogens with zero attached hydrogens (tertiary/aromatic N) is 1. The van der Waals surface area contributed by atoms with Crippen molar-refractivity contribution in [3.8, 4) is 12.3 Å². The van der Waals surface area contributed by atoms with Gasteiger partial charge >= 0.3 is 0 Å². The Labute approximate surface area is 234 Å². The van der Waals surface area contributed by atoms with Gasteiger partial charge in [0.25, 0.3) is 0 Å². The molecule has 2 aromatic carbocycles. The summed E-state index contributed by atoms with van der Waals surface area (Å²) in [5.41, 5.74) is 7.14. The smallest absolute Gasteiger partial charge is 0.0968 e. The van der Waals surface area contributed by atoms with E-state index in [1.54, 1.807) is 21.0 Å². The van der Waals surface area contributed by atoms with Crippen LogP contribution in [-0.2, 0) is 17.6 Å². The molecule has 0 radical (unpaired) electrons. The Morgan fingerprint density at radius 2 is 1.76 bits per heavy atom. The molecular weight excluding hydrogens is 466 g/mol. The highest BCUT2D eigenvalue weighted by Crippen LogP contribution is 2.29. The molecular formula is C35H53NO2. The number of aliphatic hydroxyl groups is 1. The van der Waals surface area contributed by atoms with Crippen LogP contribution in [0.15, 0.2) is 41.4 Å². The van der Waals surface area contributed by atoms with E-state index in [4.69, 9.17) is 11.2 Å². The molecule has 0 unspecified atom stereocenters. The molecule has 0 bridgehead atoms. The monoisotopic (exact) mass is 519 g/mol. The van der Waals surface area contributed by atoms with Gasteiger partial charge < -0.3 is 9.84 Å². The van der Waals surface area contributed by atoms with Crippen LogP contribution >= 0.6 is 0 Å². The first-order valence-corrected chi connectivity index (χ1v) is 14.4. The van der Waals surface area contributed by atoms with Crippen molar-refractivity contribution in [3.63, 3.8) is 0 Å². The Balaban J connectivity index is 0.000000291. The summed E-state index contributed by atoms with van der Waals surface area (Å²) in [5.74, 6) is 4.26. The lowest BCUT2D eigenvalue weighted by atomic mass is 9.98. The molecule has 210 valence electrons. The number of methoxy groups -OCH3 is 1. The van der Waals surface area contributed by atoms with E-state index in [0.29, 0.717) is 6.10 Å². The van der Waals surface area contributed by atoms with Gasteiger partial charge in [-0.25, -0.2) is 0 Å². The van der Waals surface area contributed by atoms with Crippen molar-refractivity contribution in [1.29, 1.82) is 0 Å². The Morgan fingerprint density at radius 1 is 1.11 bits per heavy atom. The minimum Gasteiger partial charge on any atom is -0.385 e. The summed E-state index contributed by atoms with van der Waals surface area (Å²) in [6.45, 7) is 18.3. The molecule has 0 fully saturated rings. The molecule has 1 aliphatic rings. The first-order chi connectivity index (χ1) is 17.9. The first kappa shape index (κ1) is 33.6. The van der Waals surface area contributed by atoms with Gasteiger partial charge in [0.1, 0.15) is 0 Å². The van der Waals surface area contributed by atoms with Crippen molar-refractivity contribution in [2.24, 2.45) is 16.8 Å². The molecule has 3 nitrogen and oxygen atoms in total. The molecule has 0 heterocycles. The Morgan fingerprint density at radius 3 is 2.29 bits per heavy atom. The van der Waals surface area contributed by atoms with Gasteiger partial charge in [-0.1, -0.05) is 64.7 Å². The minimum absolute atomic E-state index is 0.472. The lowest BCUT2D eigenvalue weighted by Crippen LogP contribution is -2.28. The van der Waals surface area contributed by atoms with Crippen LogP contribution in [-0.4, -0.2) is 29.6 Å². The van der Waals surface area contributed by atoms with Crippen LogP contribution in [0.3, 0.4) is 0 Å². The maximum atomic E-state index is 9.78. The maximum Gasteiger partial charge on any atom is 0.0968 e. The summed E-state index contributed by atoms with van der Waals surface area (Å²) < 4.78 is 5.31. The highest BCUT2D eigenvalue weighted by atomic mass is 16.5. The zero-order valence-corrected chi connectivity index (χ0v) is 25.8. The van der Waals surface area contributed by atoms with Crippen LogP contribution in [0.4, 0.5) is 5.69 Å². The number of fused-ring (bicyclic) bond motifs is 1. The van der Waals surface area contributed by atoms with Gasteiger partial charge in [-0.15, -0.1) is 6.42 Å². The molecule has 1 aliphatic carbocycles. The number of hydrogen-bond acceptors (Lipinski definition) is 3. The summed E-state index contributed by atoms with van der Waals surface area (Å²) in [4.78, 5) is 4.46. The minimum atomic E-state index is -0.851. The van der Waals surface area contributed by atoms with Crippen molar-refractivity contribution in [2.45, 2.75) is 113 Å². The van der Waals surface area contributed by atoms with Crippen molar-refractivity contribution < 1.29 is 9.84 Å². The number of benzene rings is 2. The van der Waals surface area contributed by atoms with E-state index in [2.05, 4.69) is 62.9 Å².